The Morgan fingerprint density at radius 3 is 2.54 bits per heavy atom. The summed E-state index contributed by atoms with van der Waals surface area (Å²) in [6, 6.07) is 17.2. The van der Waals surface area contributed by atoms with Gasteiger partial charge in [0.1, 0.15) is 11.5 Å². The second-order valence-electron chi connectivity index (χ2n) is 6.04. The highest BCUT2D eigenvalue weighted by molar-refractivity contribution is 5.92. The van der Waals surface area contributed by atoms with Crippen molar-refractivity contribution in [3.63, 3.8) is 0 Å². The molecule has 3 N–H and O–H groups in total. The van der Waals surface area contributed by atoms with Gasteiger partial charge in [0.15, 0.2) is 5.96 Å². The third kappa shape index (κ3) is 4.22. The van der Waals surface area contributed by atoms with E-state index in [9.17, 15) is 0 Å². The number of hydrogen-bond acceptors (Lipinski definition) is 3. The number of aromatic nitrogens is 2. The number of guanidine groups is 1. The summed E-state index contributed by atoms with van der Waals surface area (Å²) in [5.74, 6) is 1.87. The molecule has 3 rings (SSSR count). The van der Waals surface area contributed by atoms with Crippen molar-refractivity contribution in [3.8, 4) is 11.5 Å². The smallest absolute Gasteiger partial charge is 0.193 e. The van der Waals surface area contributed by atoms with Crippen LogP contribution in [-0.4, -0.2) is 15.7 Å². The molecule has 2 aromatic carbocycles. The van der Waals surface area contributed by atoms with Gasteiger partial charge >= 0.3 is 0 Å². The highest BCUT2D eigenvalue weighted by Gasteiger charge is 2.08. The first kappa shape index (κ1) is 17.5. The molecule has 0 saturated carbocycles. The minimum Gasteiger partial charge on any atom is -0.457 e. The fourth-order valence-corrected chi connectivity index (χ4v) is 2.66. The number of benzene rings is 2. The molecule has 0 aliphatic rings. The number of nitrogens with one attached hydrogen (secondary N) is 1. The van der Waals surface area contributed by atoms with Gasteiger partial charge in [0.05, 0.1) is 12.2 Å². The van der Waals surface area contributed by atoms with Gasteiger partial charge in [-0.05, 0) is 38.1 Å². The molecule has 0 spiro atoms. The molecule has 0 aliphatic heterocycles. The molecular formula is C20H23N5O. The first-order valence-electron chi connectivity index (χ1n) is 8.42. The zero-order valence-electron chi connectivity index (χ0n) is 15.2. The van der Waals surface area contributed by atoms with Crippen LogP contribution in [0.3, 0.4) is 0 Å². The third-order valence-electron chi connectivity index (χ3n) is 4.15. The Labute approximate surface area is 153 Å². The molecule has 0 radical (unpaired) electrons. The van der Waals surface area contributed by atoms with Crippen LogP contribution in [0.2, 0.25) is 0 Å². The Kier molecular flexibility index (Phi) is 5.22. The van der Waals surface area contributed by atoms with E-state index in [1.165, 1.54) is 0 Å². The highest BCUT2D eigenvalue weighted by atomic mass is 16.5. The number of hydrogen-bond donors (Lipinski definition) is 2. The number of aryl methyl sites for hydroxylation is 2. The average molecular weight is 349 g/mol. The van der Waals surface area contributed by atoms with Gasteiger partial charge in [0.2, 0.25) is 0 Å². The normalized spacial score (nSPS) is 11.4. The molecule has 0 amide bonds. The summed E-state index contributed by atoms with van der Waals surface area (Å²) < 4.78 is 7.69. The maximum atomic E-state index is 6.03. The van der Waals surface area contributed by atoms with Crippen molar-refractivity contribution in [2.45, 2.75) is 20.4 Å². The lowest BCUT2D eigenvalue weighted by atomic mass is 10.2. The SMILES string of the molecule is Cc1nn(C)c(C)c1CN=C(N)Nc1cccc(Oc2ccccc2)c1. The third-order valence-corrected chi connectivity index (χ3v) is 4.15. The Hall–Kier alpha value is -3.28. The number of para-hydroxylation sites is 1. The van der Waals surface area contributed by atoms with Crippen LogP contribution in [0.4, 0.5) is 5.69 Å². The fraction of sp³-hybridized carbons (Fsp3) is 0.200. The number of rotatable bonds is 5. The van der Waals surface area contributed by atoms with Gasteiger partial charge in [-0.15, -0.1) is 0 Å². The van der Waals surface area contributed by atoms with E-state index in [0.29, 0.717) is 12.5 Å². The second-order valence-corrected chi connectivity index (χ2v) is 6.04. The molecule has 6 nitrogen and oxygen atoms in total. The number of ether oxygens (including phenoxy) is 1. The zero-order chi connectivity index (χ0) is 18.5. The van der Waals surface area contributed by atoms with Gasteiger partial charge in [-0.25, -0.2) is 4.99 Å². The van der Waals surface area contributed by atoms with Crippen LogP contribution in [0.15, 0.2) is 59.6 Å². The number of nitrogens with zero attached hydrogens (tertiary/aromatic N) is 3. The quantitative estimate of drug-likeness (QED) is 0.543. The maximum Gasteiger partial charge on any atom is 0.193 e. The van der Waals surface area contributed by atoms with Crippen molar-refractivity contribution in [2.24, 2.45) is 17.8 Å². The van der Waals surface area contributed by atoms with E-state index in [4.69, 9.17) is 10.5 Å². The van der Waals surface area contributed by atoms with Crippen molar-refractivity contribution < 1.29 is 4.74 Å². The van der Waals surface area contributed by atoms with Gasteiger partial charge in [-0.2, -0.15) is 5.10 Å². The summed E-state index contributed by atoms with van der Waals surface area (Å²) in [7, 11) is 1.93. The van der Waals surface area contributed by atoms with E-state index in [2.05, 4.69) is 15.4 Å². The lowest BCUT2D eigenvalue weighted by Crippen LogP contribution is -2.22. The Balaban J connectivity index is 1.67. The summed E-state index contributed by atoms with van der Waals surface area (Å²) in [5, 5.41) is 7.50. The van der Waals surface area contributed by atoms with Gasteiger partial charge < -0.3 is 15.8 Å². The molecule has 3 aromatic rings. The predicted molar refractivity (Wildman–Crippen MR) is 105 cm³/mol. The van der Waals surface area contributed by atoms with Crippen molar-refractivity contribution in [3.05, 3.63) is 71.5 Å². The minimum atomic E-state index is 0.351. The van der Waals surface area contributed by atoms with Gasteiger partial charge in [0, 0.05) is 30.1 Å². The van der Waals surface area contributed by atoms with E-state index >= 15 is 0 Å². The van der Waals surface area contributed by atoms with E-state index < -0.39 is 0 Å². The van der Waals surface area contributed by atoms with Crippen molar-refractivity contribution in [1.29, 1.82) is 0 Å². The Morgan fingerprint density at radius 1 is 1.12 bits per heavy atom. The summed E-state index contributed by atoms with van der Waals surface area (Å²) in [6.07, 6.45) is 0. The lowest BCUT2D eigenvalue weighted by Gasteiger charge is -2.09. The molecule has 0 unspecified atom stereocenters. The molecule has 0 fully saturated rings. The van der Waals surface area contributed by atoms with Crippen molar-refractivity contribution >= 4 is 11.6 Å². The van der Waals surface area contributed by atoms with E-state index in [0.717, 1.165) is 34.1 Å². The number of nitrogens with two attached hydrogens (primary N) is 1. The van der Waals surface area contributed by atoms with Crippen LogP contribution in [-0.2, 0) is 13.6 Å². The van der Waals surface area contributed by atoms with Crippen LogP contribution in [0.25, 0.3) is 0 Å². The zero-order valence-corrected chi connectivity index (χ0v) is 15.2. The molecule has 0 saturated heterocycles. The minimum absolute atomic E-state index is 0.351. The molecule has 26 heavy (non-hydrogen) atoms. The molecule has 0 aliphatic carbocycles. The topological polar surface area (TPSA) is 77.5 Å². The largest absolute Gasteiger partial charge is 0.457 e. The average Bonchev–Trinajstić information content (AvgIpc) is 2.86. The first-order chi connectivity index (χ1) is 12.5. The predicted octanol–water partition coefficient (Wildman–Crippen LogP) is 3.76. The molecule has 1 aromatic heterocycles. The monoisotopic (exact) mass is 349 g/mol. The van der Waals surface area contributed by atoms with E-state index in [-0.39, 0.29) is 0 Å². The summed E-state index contributed by atoms with van der Waals surface area (Å²) in [5.41, 5.74) is 10.0. The van der Waals surface area contributed by atoms with Crippen molar-refractivity contribution in [2.75, 3.05) is 5.32 Å². The molecule has 6 heteroatoms. The second kappa shape index (κ2) is 7.74. The first-order valence-corrected chi connectivity index (χ1v) is 8.42. The van der Waals surface area contributed by atoms with Crippen LogP contribution < -0.4 is 15.8 Å². The van der Waals surface area contributed by atoms with Crippen LogP contribution in [0, 0.1) is 13.8 Å². The lowest BCUT2D eigenvalue weighted by molar-refractivity contribution is 0.483. The van der Waals surface area contributed by atoms with Crippen LogP contribution in [0.5, 0.6) is 11.5 Å². The summed E-state index contributed by atoms with van der Waals surface area (Å²) in [6.45, 7) is 4.50. The number of anilines is 1. The van der Waals surface area contributed by atoms with Crippen LogP contribution >= 0.6 is 0 Å². The summed E-state index contributed by atoms with van der Waals surface area (Å²) in [4.78, 5) is 4.43. The van der Waals surface area contributed by atoms with Crippen LogP contribution in [0.1, 0.15) is 17.0 Å². The van der Waals surface area contributed by atoms with Gasteiger partial charge in [0.25, 0.3) is 0 Å². The number of aliphatic imine (C=N–C) groups is 1. The Morgan fingerprint density at radius 2 is 1.85 bits per heavy atom. The van der Waals surface area contributed by atoms with E-state index in [1.54, 1.807) is 0 Å². The van der Waals surface area contributed by atoms with E-state index in [1.807, 2.05) is 80.2 Å². The summed E-state index contributed by atoms with van der Waals surface area (Å²) >= 11 is 0. The molecule has 134 valence electrons. The molecular weight excluding hydrogens is 326 g/mol. The fourth-order valence-electron chi connectivity index (χ4n) is 2.66. The van der Waals surface area contributed by atoms with Gasteiger partial charge in [-0.1, -0.05) is 24.3 Å². The van der Waals surface area contributed by atoms with Gasteiger partial charge in [-0.3, -0.25) is 4.68 Å². The van der Waals surface area contributed by atoms with Crippen molar-refractivity contribution in [1.82, 2.24) is 9.78 Å². The standard InChI is InChI=1S/C20H23N5O/c1-14-19(15(2)25(3)24-14)13-22-20(21)23-16-8-7-11-18(12-16)26-17-9-5-4-6-10-17/h4-12H,13H2,1-3H3,(H3,21,22,23). The molecule has 0 atom stereocenters. The Bertz CT molecular complexity index is 915. The highest BCUT2D eigenvalue weighted by Crippen LogP contribution is 2.23. The molecule has 0 bridgehead atoms. The maximum absolute atomic E-state index is 6.03. The molecule has 1 heterocycles.